The van der Waals surface area contributed by atoms with Crippen LogP contribution in [-0.2, 0) is 9.59 Å². The van der Waals surface area contributed by atoms with Crippen LogP contribution in [0.4, 0.5) is 0 Å². The molecule has 0 bridgehead atoms. The van der Waals surface area contributed by atoms with Crippen molar-refractivity contribution in [2.24, 2.45) is 17.3 Å². The van der Waals surface area contributed by atoms with Crippen LogP contribution in [0.3, 0.4) is 0 Å². The Labute approximate surface area is 109 Å². The molecule has 0 fully saturated rings. The van der Waals surface area contributed by atoms with Crippen molar-refractivity contribution in [2.75, 3.05) is 11.5 Å². The van der Waals surface area contributed by atoms with Gasteiger partial charge in [-0.3, -0.25) is 9.59 Å². The highest BCUT2D eigenvalue weighted by atomic mass is 32.1. The second kappa shape index (κ2) is 6.70. The van der Waals surface area contributed by atoms with Crippen molar-refractivity contribution in [1.29, 1.82) is 0 Å². The molecule has 0 spiro atoms. The molecule has 2 nitrogen and oxygen atoms in total. The highest BCUT2D eigenvalue weighted by molar-refractivity contribution is 7.80. The van der Waals surface area contributed by atoms with Gasteiger partial charge < -0.3 is 0 Å². The van der Waals surface area contributed by atoms with Crippen LogP contribution >= 0.6 is 25.3 Å². The lowest BCUT2D eigenvalue weighted by atomic mass is 9.81. The maximum Gasteiger partial charge on any atom is 0.142 e. The lowest BCUT2D eigenvalue weighted by molar-refractivity contribution is -0.133. The van der Waals surface area contributed by atoms with Crippen LogP contribution in [0.15, 0.2) is 0 Å². The summed E-state index contributed by atoms with van der Waals surface area (Å²) in [6.07, 6.45) is 0.293. The zero-order valence-corrected chi connectivity index (χ0v) is 12.3. The molecule has 0 aromatic carbocycles. The topological polar surface area (TPSA) is 34.1 Å². The third kappa shape index (κ3) is 4.91. The van der Waals surface area contributed by atoms with Gasteiger partial charge in [-0.1, -0.05) is 27.7 Å². The molecule has 0 aromatic rings. The first-order valence-corrected chi connectivity index (χ1v) is 6.79. The van der Waals surface area contributed by atoms with Crippen LogP contribution in [0.1, 0.15) is 34.1 Å². The molecule has 0 aromatic heterocycles. The Balaban J connectivity index is 4.54. The SMILES string of the molecule is C[C@@H](CS)C(=O)C[C@@H](CS)C(=O)C(C)(C)C. The molecule has 0 radical (unpaired) electrons. The van der Waals surface area contributed by atoms with Crippen molar-refractivity contribution in [3.05, 3.63) is 0 Å². The molecule has 0 aliphatic heterocycles. The van der Waals surface area contributed by atoms with Crippen LogP contribution < -0.4 is 0 Å². The number of ketones is 2. The van der Waals surface area contributed by atoms with Crippen LogP contribution in [0, 0.1) is 17.3 Å². The number of rotatable bonds is 6. The molecule has 0 aliphatic rings. The monoisotopic (exact) mass is 262 g/mol. The number of hydrogen-bond acceptors (Lipinski definition) is 4. The summed E-state index contributed by atoms with van der Waals surface area (Å²) in [7, 11) is 0. The average Bonchev–Trinajstić information content (AvgIpc) is 2.21. The Morgan fingerprint density at radius 3 is 1.94 bits per heavy atom. The number of carbonyl (C=O) groups is 2. The fourth-order valence-corrected chi connectivity index (χ4v) is 1.90. The molecular formula is C12H22O2S2. The number of Topliss-reactive ketones (excluding diaryl/α,β-unsaturated/α-hetero) is 2. The maximum absolute atomic E-state index is 12.0. The van der Waals surface area contributed by atoms with Gasteiger partial charge in [0.1, 0.15) is 11.6 Å². The second-order valence-electron chi connectivity index (χ2n) is 5.25. The molecule has 0 N–H and O–H groups in total. The zero-order chi connectivity index (χ0) is 12.9. The predicted octanol–water partition coefficient (Wildman–Crippen LogP) is 2.67. The van der Waals surface area contributed by atoms with Crippen LogP contribution in [-0.4, -0.2) is 23.1 Å². The van der Waals surface area contributed by atoms with E-state index in [0.717, 1.165) is 0 Å². The van der Waals surface area contributed by atoms with Crippen LogP contribution in [0.5, 0.6) is 0 Å². The Kier molecular flexibility index (Phi) is 6.71. The van der Waals surface area contributed by atoms with Crippen molar-refractivity contribution in [1.82, 2.24) is 0 Å². The van der Waals surface area contributed by atoms with Gasteiger partial charge in [-0.05, 0) is 5.75 Å². The summed E-state index contributed by atoms with van der Waals surface area (Å²) < 4.78 is 0. The van der Waals surface area contributed by atoms with Gasteiger partial charge in [-0.2, -0.15) is 25.3 Å². The summed E-state index contributed by atoms with van der Waals surface area (Å²) in [4.78, 5) is 23.8. The van der Waals surface area contributed by atoms with E-state index in [0.29, 0.717) is 17.9 Å². The van der Waals surface area contributed by atoms with E-state index < -0.39 is 5.41 Å². The summed E-state index contributed by atoms with van der Waals surface area (Å²) >= 11 is 8.26. The van der Waals surface area contributed by atoms with E-state index in [1.54, 1.807) is 0 Å². The van der Waals surface area contributed by atoms with Crippen molar-refractivity contribution in [3.8, 4) is 0 Å². The summed E-state index contributed by atoms with van der Waals surface area (Å²) in [6.45, 7) is 7.46. The first-order chi connectivity index (χ1) is 7.23. The third-order valence-electron chi connectivity index (χ3n) is 2.60. The Morgan fingerprint density at radius 2 is 1.62 bits per heavy atom. The number of carbonyl (C=O) groups excluding carboxylic acids is 2. The second-order valence-corrected chi connectivity index (χ2v) is 5.98. The molecule has 16 heavy (non-hydrogen) atoms. The van der Waals surface area contributed by atoms with Crippen LogP contribution in [0.2, 0.25) is 0 Å². The molecule has 0 aliphatic carbocycles. The first kappa shape index (κ1) is 16.0. The zero-order valence-electron chi connectivity index (χ0n) is 10.5. The minimum absolute atomic E-state index is 0.0847. The first-order valence-electron chi connectivity index (χ1n) is 5.52. The van der Waals surface area contributed by atoms with E-state index in [-0.39, 0.29) is 23.4 Å². The molecule has 0 heterocycles. The molecule has 4 heteroatoms. The molecule has 2 atom stereocenters. The van der Waals surface area contributed by atoms with Crippen molar-refractivity contribution in [2.45, 2.75) is 34.1 Å². The number of hydrogen-bond donors (Lipinski definition) is 2. The summed E-state index contributed by atoms with van der Waals surface area (Å²) in [6, 6.07) is 0. The van der Waals surface area contributed by atoms with E-state index in [1.807, 2.05) is 27.7 Å². The highest BCUT2D eigenvalue weighted by Crippen LogP contribution is 2.24. The van der Waals surface area contributed by atoms with Gasteiger partial charge in [0, 0.05) is 29.4 Å². The summed E-state index contributed by atoms with van der Waals surface area (Å²) in [5, 5.41) is 0. The van der Waals surface area contributed by atoms with Gasteiger partial charge in [0.15, 0.2) is 0 Å². The third-order valence-corrected chi connectivity index (χ3v) is 3.59. The van der Waals surface area contributed by atoms with Gasteiger partial charge in [0.05, 0.1) is 0 Å². The average molecular weight is 262 g/mol. The largest absolute Gasteiger partial charge is 0.299 e. The van der Waals surface area contributed by atoms with Gasteiger partial charge in [0.25, 0.3) is 0 Å². The van der Waals surface area contributed by atoms with Gasteiger partial charge in [0.2, 0.25) is 0 Å². The molecule has 94 valence electrons. The standard InChI is InChI=1S/C12H22O2S2/c1-8(6-15)10(13)5-9(7-16)11(14)12(2,3)4/h8-9,15-16H,5-7H2,1-4H3/t8-,9-/m0/s1. The maximum atomic E-state index is 12.0. The fourth-order valence-electron chi connectivity index (χ4n) is 1.40. The minimum Gasteiger partial charge on any atom is -0.299 e. The molecule has 0 unspecified atom stereocenters. The van der Waals surface area contributed by atoms with E-state index in [9.17, 15) is 9.59 Å². The van der Waals surface area contributed by atoms with Gasteiger partial charge in [-0.15, -0.1) is 0 Å². The van der Waals surface area contributed by atoms with Gasteiger partial charge >= 0.3 is 0 Å². The molecule has 0 saturated heterocycles. The van der Waals surface area contributed by atoms with E-state index >= 15 is 0 Å². The lowest BCUT2D eigenvalue weighted by Crippen LogP contribution is -2.32. The fraction of sp³-hybridized carbons (Fsp3) is 0.833. The minimum atomic E-state index is -0.405. The summed E-state index contributed by atoms with van der Waals surface area (Å²) in [5.74, 6) is 0.827. The van der Waals surface area contributed by atoms with E-state index in [1.165, 1.54) is 0 Å². The van der Waals surface area contributed by atoms with Crippen LogP contribution in [0.25, 0.3) is 0 Å². The molecule has 0 saturated carbocycles. The van der Waals surface area contributed by atoms with E-state index in [4.69, 9.17) is 0 Å². The molecular weight excluding hydrogens is 240 g/mol. The van der Waals surface area contributed by atoms with Crippen molar-refractivity contribution < 1.29 is 9.59 Å². The summed E-state index contributed by atoms with van der Waals surface area (Å²) in [5.41, 5.74) is -0.405. The number of thiol groups is 2. The Morgan fingerprint density at radius 1 is 1.12 bits per heavy atom. The van der Waals surface area contributed by atoms with Crippen molar-refractivity contribution in [3.63, 3.8) is 0 Å². The van der Waals surface area contributed by atoms with Crippen molar-refractivity contribution >= 4 is 36.8 Å². The van der Waals surface area contributed by atoms with E-state index in [2.05, 4.69) is 25.3 Å². The smallest absolute Gasteiger partial charge is 0.142 e. The Bertz CT molecular complexity index is 256. The normalized spacial score (nSPS) is 15.6. The Hall–Kier alpha value is 0.0400. The lowest BCUT2D eigenvalue weighted by Gasteiger charge is -2.23. The highest BCUT2D eigenvalue weighted by Gasteiger charge is 2.30. The molecule has 0 amide bonds. The predicted molar refractivity (Wildman–Crippen MR) is 74.4 cm³/mol. The molecule has 0 rings (SSSR count). The van der Waals surface area contributed by atoms with Gasteiger partial charge in [-0.25, -0.2) is 0 Å². The quantitative estimate of drug-likeness (QED) is 0.722.